The summed E-state index contributed by atoms with van der Waals surface area (Å²) in [7, 11) is 1.73. The maximum absolute atomic E-state index is 13.6. The molecule has 0 aliphatic heterocycles. The lowest BCUT2D eigenvalue weighted by molar-refractivity contribution is 0.0996. The molecule has 0 bridgehead atoms. The van der Waals surface area contributed by atoms with Gasteiger partial charge in [-0.15, -0.1) is 24.0 Å². The van der Waals surface area contributed by atoms with Gasteiger partial charge in [-0.3, -0.25) is 9.79 Å². The van der Waals surface area contributed by atoms with Crippen LogP contribution in [0.4, 0.5) is 10.1 Å². The summed E-state index contributed by atoms with van der Waals surface area (Å²) in [5.74, 6) is 0.480. The number of amides is 1. The molecule has 8 heteroatoms. The maximum Gasteiger partial charge on any atom is 0.291 e. The van der Waals surface area contributed by atoms with Gasteiger partial charge in [0.25, 0.3) is 5.91 Å². The highest BCUT2D eigenvalue weighted by Gasteiger charge is 2.44. The molecule has 1 aromatic heterocycles. The van der Waals surface area contributed by atoms with E-state index in [-0.39, 0.29) is 46.9 Å². The van der Waals surface area contributed by atoms with Gasteiger partial charge in [0, 0.05) is 31.2 Å². The number of benzene rings is 2. The van der Waals surface area contributed by atoms with Crippen molar-refractivity contribution in [2.75, 3.05) is 18.9 Å². The summed E-state index contributed by atoms with van der Waals surface area (Å²) in [4.78, 5) is 16.3. The van der Waals surface area contributed by atoms with Gasteiger partial charge >= 0.3 is 0 Å². The first-order chi connectivity index (χ1) is 15.1. The Labute approximate surface area is 203 Å². The van der Waals surface area contributed by atoms with Crippen molar-refractivity contribution in [2.24, 2.45) is 4.99 Å². The van der Waals surface area contributed by atoms with Crippen molar-refractivity contribution in [3.05, 3.63) is 89.6 Å². The minimum absolute atomic E-state index is 0. The average molecular weight is 548 g/mol. The number of nitrogens with zero attached hydrogens (tertiary/aromatic N) is 1. The van der Waals surface area contributed by atoms with Crippen LogP contribution in [0.5, 0.6) is 0 Å². The van der Waals surface area contributed by atoms with Crippen molar-refractivity contribution in [1.82, 2.24) is 10.6 Å². The Kier molecular flexibility index (Phi) is 7.89. The highest BCUT2D eigenvalue weighted by molar-refractivity contribution is 14.0. The Bertz CT molecular complexity index is 1060. The number of halogens is 2. The zero-order chi connectivity index (χ0) is 21.7. The van der Waals surface area contributed by atoms with E-state index >= 15 is 0 Å². The number of hydrogen-bond acceptors (Lipinski definition) is 3. The van der Waals surface area contributed by atoms with Crippen LogP contribution in [-0.2, 0) is 12.0 Å². The number of carbonyl (C=O) groups is 1. The molecule has 168 valence electrons. The summed E-state index contributed by atoms with van der Waals surface area (Å²) >= 11 is 0. The molecule has 1 saturated carbocycles. The molecule has 2 aromatic carbocycles. The lowest BCUT2D eigenvalue weighted by atomic mass is 9.96. The molecule has 0 radical (unpaired) electrons. The standard InChI is InChI=1S/C24H25FN4O2.HI/c1-26-23(28-16-24(11-12-24)18-4-2-5-19(25)14-18)27-15-17-7-9-20(10-8-17)29-22(30)21-6-3-13-31-21;/h2-10,13-14H,11-12,15-16H2,1H3,(H,29,30)(H2,26,27,28);1H. The predicted molar refractivity (Wildman–Crippen MR) is 134 cm³/mol. The number of aliphatic imine (C=N–C) groups is 1. The first-order valence-corrected chi connectivity index (χ1v) is 10.2. The minimum atomic E-state index is -0.284. The molecule has 0 atom stereocenters. The predicted octanol–water partition coefficient (Wildman–Crippen LogP) is 4.69. The van der Waals surface area contributed by atoms with E-state index in [2.05, 4.69) is 20.9 Å². The molecule has 4 rings (SSSR count). The second-order valence-electron chi connectivity index (χ2n) is 7.70. The summed E-state index contributed by atoms with van der Waals surface area (Å²) in [6, 6.07) is 17.7. The van der Waals surface area contributed by atoms with Gasteiger partial charge in [0.15, 0.2) is 11.7 Å². The fraction of sp³-hybridized carbons (Fsp3) is 0.250. The summed E-state index contributed by atoms with van der Waals surface area (Å²) in [5, 5.41) is 9.45. The van der Waals surface area contributed by atoms with Crippen LogP contribution in [0, 0.1) is 5.82 Å². The van der Waals surface area contributed by atoms with Crippen LogP contribution in [-0.4, -0.2) is 25.5 Å². The van der Waals surface area contributed by atoms with E-state index in [4.69, 9.17) is 4.42 Å². The van der Waals surface area contributed by atoms with E-state index < -0.39 is 0 Å². The summed E-state index contributed by atoms with van der Waals surface area (Å²) in [5.41, 5.74) is 2.75. The Morgan fingerprint density at radius 1 is 1.09 bits per heavy atom. The molecule has 0 unspecified atom stereocenters. The number of hydrogen-bond donors (Lipinski definition) is 3. The number of nitrogens with one attached hydrogen (secondary N) is 3. The minimum Gasteiger partial charge on any atom is -0.459 e. The SMILES string of the molecule is CN=C(NCc1ccc(NC(=O)c2ccco2)cc1)NCC1(c2cccc(F)c2)CC1.I. The first-order valence-electron chi connectivity index (χ1n) is 10.2. The molecule has 1 aliphatic carbocycles. The van der Waals surface area contributed by atoms with Gasteiger partial charge in [-0.25, -0.2) is 4.39 Å². The lowest BCUT2D eigenvalue weighted by Crippen LogP contribution is -2.40. The molecule has 1 fully saturated rings. The van der Waals surface area contributed by atoms with E-state index in [0.29, 0.717) is 24.7 Å². The van der Waals surface area contributed by atoms with E-state index in [1.54, 1.807) is 31.3 Å². The normalized spacial score (nSPS) is 14.2. The van der Waals surface area contributed by atoms with Gasteiger partial charge < -0.3 is 20.4 Å². The number of anilines is 1. The van der Waals surface area contributed by atoms with Crippen LogP contribution in [0.1, 0.15) is 34.5 Å². The molecule has 3 N–H and O–H groups in total. The Morgan fingerprint density at radius 3 is 2.50 bits per heavy atom. The maximum atomic E-state index is 13.6. The third kappa shape index (κ3) is 5.87. The number of guanidine groups is 1. The monoisotopic (exact) mass is 548 g/mol. The topological polar surface area (TPSA) is 78.7 Å². The van der Waals surface area contributed by atoms with E-state index in [0.717, 1.165) is 24.0 Å². The second-order valence-corrected chi connectivity index (χ2v) is 7.70. The molecular formula is C24H26FIN4O2. The van der Waals surface area contributed by atoms with Crippen molar-refractivity contribution in [3.63, 3.8) is 0 Å². The molecule has 0 spiro atoms. The zero-order valence-corrected chi connectivity index (χ0v) is 20.1. The summed E-state index contributed by atoms with van der Waals surface area (Å²) < 4.78 is 18.7. The number of furan rings is 1. The number of rotatable bonds is 7. The fourth-order valence-corrected chi connectivity index (χ4v) is 3.50. The van der Waals surface area contributed by atoms with Crippen molar-refractivity contribution >= 4 is 41.5 Å². The molecule has 6 nitrogen and oxygen atoms in total. The molecule has 1 aliphatic rings. The highest BCUT2D eigenvalue weighted by Crippen LogP contribution is 2.47. The molecular weight excluding hydrogens is 522 g/mol. The third-order valence-corrected chi connectivity index (χ3v) is 5.53. The van der Waals surface area contributed by atoms with Crippen molar-refractivity contribution < 1.29 is 13.6 Å². The highest BCUT2D eigenvalue weighted by atomic mass is 127. The Hall–Kier alpha value is -2.88. The summed E-state index contributed by atoms with van der Waals surface area (Å²) in [6.45, 7) is 1.28. The Balaban J connectivity index is 0.00000289. The van der Waals surface area contributed by atoms with Gasteiger partial charge in [0.05, 0.1) is 6.26 Å². The van der Waals surface area contributed by atoms with Crippen molar-refractivity contribution in [3.8, 4) is 0 Å². The quantitative estimate of drug-likeness (QED) is 0.228. The second kappa shape index (κ2) is 10.6. The van der Waals surface area contributed by atoms with E-state index in [1.807, 2.05) is 30.3 Å². The molecule has 1 amide bonds. The van der Waals surface area contributed by atoms with E-state index in [9.17, 15) is 9.18 Å². The summed E-state index contributed by atoms with van der Waals surface area (Å²) in [6.07, 6.45) is 3.53. The van der Waals surface area contributed by atoms with Crippen LogP contribution in [0.3, 0.4) is 0 Å². The Morgan fingerprint density at radius 2 is 1.88 bits per heavy atom. The zero-order valence-electron chi connectivity index (χ0n) is 17.7. The van der Waals surface area contributed by atoms with E-state index in [1.165, 1.54) is 12.3 Å². The van der Waals surface area contributed by atoms with Crippen molar-refractivity contribution in [2.45, 2.75) is 24.8 Å². The largest absolute Gasteiger partial charge is 0.459 e. The fourth-order valence-electron chi connectivity index (χ4n) is 3.50. The van der Waals surface area contributed by atoms with Gasteiger partial charge in [0.2, 0.25) is 0 Å². The van der Waals surface area contributed by atoms with Gasteiger partial charge in [0.1, 0.15) is 5.82 Å². The number of carbonyl (C=O) groups excluding carboxylic acids is 1. The average Bonchev–Trinajstić information content (AvgIpc) is 3.37. The van der Waals surface area contributed by atoms with Gasteiger partial charge in [-0.05, 0) is 60.4 Å². The molecule has 3 aromatic rings. The van der Waals surface area contributed by atoms with Crippen LogP contribution < -0.4 is 16.0 Å². The molecule has 32 heavy (non-hydrogen) atoms. The third-order valence-electron chi connectivity index (χ3n) is 5.53. The smallest absolute Gasteiger partial charge is 0.291 e. The van der Waals surface area contributed by atoms with Crippen LogP contribution >= 0.6 is 24.0 Å². The lowest BCUT2D eigenvalue weighted by Gasteiger charge is -2.19. The first kappa shape index (κ1) is 23.8. The van der Waals surface area contributed by atoms with Gasteiger partial charge in [-0.1, -0.05) is 24.3 Å². The molecule has 0 saturated heterocycles. The van der Waals surface area contributed by atoms with Crippen LogP contribution in [0.2, 0.25) is 0 Å². The van der Waals surface area contributed by atoms with Gasteiger partial charge in [-0.2, -0.15) is 0 Å². The van der Waals surface area contributed by atoms with Crippen LogP contribution in [0.25, 0.3) is 0 Å². The molecule has 1 heterocycles. The van der Waals surface area contributed by atoms with Crippen molar-refractivity contribution in [1.29, 1.82) is 0 Å². The van der Waals surface area contributed by atoms with Crippen LogP contribution in [0.15, 0.2) is 76.3 Å².